The van der Waals surface area contributed by atoms with E-state index in [1.54, 1.807) is 5.43 Å². The second-order valence-corrected chi connectivity index (χ2v) is 2.74. The van der Waals surface area contributed by atoms with Crippen LogP contribution in [0.15, 0.2) is 4.63 Å². The molecule has 11 nitrogen and oxygen atoms in total. The second kappa shape index (κ2) is 3.45. The van der Waals surface area contributed by atoms with Gasteiger partial charge in [0.15, 0.2) is 5.03 Å². The maximum Gasteiger partial charge on any atom is 0.290 e. The first-order chi connectivity index (χ1) is 7.58. The standard InChI is InChI=1S/C5H5N7O4/c1-2-3(10-16-11(2)13)4-6-5(8-7-4)9-12(14)15/h1H3,(H2,6,7,8,9). The van der Waals surface area contributed by atoms with E-state index in [1.165, 1.54) is 6.92 Å². The number of anilines is 1. The SMILES string of the molecule is Cc1c(-c2n[nH]c(N[N+](=O)[O-])n2)no[n+]1[O-]. The number of hydrogen-bond acceptors (Lipinski definition) is 7. The monoisotopic (exact) mass is 227 g/mol. The van der Waals surface area contributed by atoms with Crippen LogP contribution in [0.4, 0.5) is 5.95 Å². The number of rotatable bonds is 3. The minimum Gasteiger partial charge on any atom is -0.359 e. The molecule has 0 atom stereocenters. The van der Waals surface area contributed by atoms with Crippen molar-refractivity contribution in [1.29, 1.82) is 0 Å². The number of aromatic amines is 1. The largest absolute Gasteiger partial charge is 0.359 e. The van der Waals surface area contributed by atoms with Gasteiger partial charge in [0.1, 0.15) is 0 Å². The van der Waals surface area contributed by atoms with Gasteiger partial charge in [0, 0.05) is 12.1 Å². The highest BCUT2D eigenvalue weighted by atomic mass is 16.8. The van der Waals surface area contributed by atoms with Gasteiger partial charge in [-0.25, -0.2) is 15.2 Å². The van der Waals surface area contributed by atoms with Gasteiger partial charge in [-0.2, -0.15) is 4.98 Å². The molecular weight excluding hydrogens is 222 g/mol. The molecule has 0 unspecified atom stereocenters. The first kappa shape index (κ1) is 9.82. The van der Waals surface area contributed by atoms with Gasteiger partial charge in [-0.15, -0.1) is 5.10 Å². The van der Waals surface area contributed by atoms with Crippen LogP contribution >= 0.6 is 0 Å². The van der Waals surface area contributed by atoms with Crippen LogP contribution < -0.4 is 10.3 Å². The number of nitro groups is 1. The molecule has 84 valence electrons. The summed E-state index contributed by atoms with van der Waals surface area (Å²) in [7, 11) is 0. The highest BCUT2D eigenvalue weighted by molar-refractivity contribution is 5.50. The second-order valence-electron chi connectivity index (χ2n) is 2.74. The van der Waals surface area contributed by atoms with E-state index < -0.39 is 5.03 Å². The van der Waals surface area contributed by atoms with Crippen molar-refractivity contribution in [3.63, 3.8) is 0 Å². The van der Waals surface area contributed by atoms with Crippen molar-refractivity contribution >= 4 is 5.95 Å². The van der Waals surface area contributed by atoms with E-state index >= 15 is 0 Å². The van der Waals surface area contributed by atoms with Crippen LogP contribution in [0, 0.1) is 22.2 Å². The molecule has 0 spiro atoms. The van der Waals surface area contributed by atoms with Crippen molar-refractivity contribution in [1.82, 2.24) is 20.3 Å². The van der Waals surface area contributed by atoms with Crippen LogP contribution in [-0.2, 0) is 0 Å². The van der Waals surface area contributed by atoms with Gasteiger partial charge in [0.2, 0.25) is 11.5 Å². The maximum absolute atomic E-state index is 10.9. The fourth-order valence-corrected chi connectivity index (χ4v) is 0.998. The maximum atomic E-state index is 10.9. The van der Waals surface area contributed by atoms with Gasteiger partial charge < -0.3 is 5.21 Å². The van der Waals surface area contributed by atoms with Gasteiger partial charge >= 0.3 is 0 Å². The molecule has 2 aromatic rings. The molecule has 0 aromatic carbocycles. The van der Waals surface area contributed by atoms with Crippen LogP contribution in [0.3, 0.4) is 0 Å². The van der Waals surface area contributed by atoms with Crippen molar-refractivity contribution in [3.8, 4) is 11.5 Å². The molecule has 0 aliphatic carbocycles. The molecule has 16 heavy (non-hydrogen) atoms. The van der Waals surface area contributed by atoms with E-state index in [2.05, 4.69) is 25.0 Å². The predicted octanol–water partition coefficient (Wildman–Crippen LogP) is -0.995. The van der Waals surface area contributed by atoms with Crippen molar-refractivity contribution in [2.45, 2.75) is 6.92 Å². The minimum absolute atomic E-state index is 0.0280. The fraction of sp³-hybridized carbons (Fsp3) is 0.200. The summed E-state index contributed by atoms with van der Waals surface area (Å²) in [5, 5.41) is 29.5. The molecule has 2 rings (SSSR count). The summed E-state index contributed by atoms with van der Waals surface area (Å²) < 4.78 is 4.30. The number of nitrogens with zero attached hydrogens (tertiary/aromatic N) is 5. The van der Waals surface area contributed by atoms with Gasteiger partial charge in [0.25, 0.3) is 11.6 Å². The molecule has 0 amide bonds. The number of nitrogens with one attached hydrogen (secondary N) is 2. The van der Waals surface area contributed by atoms with E-state index in [-0.39, 0.29) is 28.1 Å². The van der Waals surface area contributed by atoms with E-state index in [4.69, 9.17) is 0 Å². The molecule has 11 heteroatoms. The number of hydrazine groups is 1. The van der Waals surface area contributed by atoms with Gasteiger partial charge in [-0.1, -0.05) is 5.43 Å². The van der Waals surface area contributed by atoms with Crippen molar-refractivity contribution in [3.05, 3.63) is 21.0 Å². The van der Waals surface area contributed by atoms with Gasteiger partial charge in [-0.05, 0) is 4.90 Å². The Bertz CT molecular complexity index is 531. The molecule has 2 heterocycles. The van der Waals surface area contributed by atoms with E-state index in [0.717, 1.165) is 0 Å². The van der Waals surface area contributed by atoms with Crippen LogP contribution in [0.2, 0.25) is 0 Å². The molecule has 0 saturated heterocycles. The normalized spacial score (nSPS) is 10.3. The highest BCUT2D eigenvalue weighted by Crippen LogP contribution is 2.14. The smallest absolute Gasteiger partial charge is 0.290 e. The Balaban J connectivity index is 2.31. The average molecular weight is 227 g/mol. The number of hydrogen-bond donors (Lipinski definition) is 2. The summed E-state index contributed by atoms with van der Waals surface area (Å²) in [5.41, 5.74) is 2.04. The first-order valence-corrected chi connectivity index (χ1v) is 3.98. The molecule has 2 N–H and O–H groups in total. The lowest BCUT2D eigenvalue weighted by Gasteiger charge is -1.86. The fourth-order valence-electron chi connectivity index (χ4n) is 0.998. The first-order valence-electron chi connectivity index (χ1n) is 3.98. The zero-order valence-corrected chi connectivity index (χ0v) is 7.87. The zero-order valence-electron chi connectivity index (χ0n) is 7.87. The molecule has 0 saturated carbocycles. The summed E-state index contributed by atoms with van der Waals surface area (Å²) in [5.74, 6) is -0.139. The van der Waals surface area contributed by atoms with Crippen LogP contribution in [0.1, 0.15) is 5.69 Å². The molecule has 0 aliphatic heterocycles. The van der Waals surface area contributed by atoms with Crippen LogP contribution in [0.5, 0.6) is 0 Å². The third-order valence-corrected chi connectivity index (χ3v) is 1.72. The predicted molar refractivity (Wildman–Crippen MR) is 46.2 cm³/mol. The van der Waals surface area contributed by atoms with Crippen molar-refractivity contribution < 1.29 is 14.6 Å². The number of aromatic nitrogens is 5. The third-order valence-electron chi connectivity index (χ3n) is 1.72. The Hall–Kier alpha value is -2.72. The topological polar surface area (TPSA) is 150 Å². The van der Waals surface area contributed by atoms with Gasteiger partial charge in [-0.3, -0.25) is 4.63 Å². The lowest BCUT2D eigenvalue weighted by atomic mass is 10.3. The summed E-state index contributed by atoms with van der Waals surface area (Å²) in [6.07, 6.45) is 0. The summed E-state index contributed by atoms with van der Waals surface area (Å²) in [6, 6.07) is 0. The molecule has 0 aliphatic rings. The quantitative estimate of drug-likeness (QED) is 0.385. The van der Waals surface area contributed by atoms with Crippen molar-refractivity contribution in [2.75, 3.05) is 5.43 Å². The van der Waals surface area contributed by atoms with E-state index in [1.807, 2.05) is 0 Å². The zero-order chi connectivity index (χ0) is 11.7. The Morgan fingerprint density at radius 1 is 1.62 bits per heavy atom. The summed E-state index contributed by atoms with van der Waals surface area (Å²) in [4.78, 5) is 14.0. The lowest BCUT2D eigenvalue weighted by Crippen LogP contribution is -2.25. The lowest BCUT2D eigenvalue weighted by molar-refractivity contribution is -0.806. The minimum atomic E-state index is -0.798. The van der Waals surface area contributed by atoms with Crippen molar-refractivity contribution in [2.24, 2.45) is 0 Å². The van der Waals surface area contributed by atoms with Crippen LogP contribution in [0.25, 0.3) is 11.5 Å². The summed E-state index contributed by atoms with van der Waals surface area (Å²) in [6.45, 7) is 1.45. The molecule has 0 bridgehead atoms. The molecular formula is C5H5N7O4. The average Bonchev–Trinajstić information content (AvgIpc) is 2.75. The Labute approximate surface area is 86.7 Å². The molecule has 0 fully saturated rings. The van der Waals surface area contributed by atoms with E-state index in [0.29, 0.717) is 0 Å². The Kier molecular flexibility index (Phi) is 2.12. The third kappa shape index (κ3) is 1.60. The Morgan fingerprint density at radius 3 is 2.94 bits per heavy atom. The van der Waals surface area contributed by atoms with E-state index in [9.17, 15) is 15.3 Å². The Morgan fingerprint density at radius 2 is 2.38 bits per heavy atom. The van der Waals surface area contributed by atoms with Gasteiger partial charge in [0.05, 0.1) is 0 Å². The summed E-state index contributed by atoms with van der Waals surface area (Å²) >= 11 is 0. The molecule has 0 radical (unpaired) electrons. The molecule has 2 aromatic heterocycles. The number of H-pyrrole nitrogens is 1. The van der Waals surface area contributed by atoms with Crippen LogP contribution in [-0.4, -0.2) is 25.4 Å². The highest BCUT2D eigenvalue weighted by Gasteiger charge is 2.21.